The Balaban J connectivity index is 1.22. The van der Waals surface area contributed by atoms with Crippen LogP contribution in [0.15, 0.2) is 72.8 Å². The van der Waals surface area contributed by atoms with E-state index in [1.165, 1.54) is 18.4 Å². The average Bonchev–Trinajstić information content (AvgIpc) is 3.56. The summed E-state index contributed by atoms with van der Waals surface area (Å²) in [5.41, 5.74) is 5.34. The molecule has 3 aromatic carbocycles. The Kier molecular flexibility index (Phi) is 11.7. The number of rotatable bonds is 13. The van der Waals surface area contributed by atoms with Crippen molar-refractivity contribution in [1.82, 2.24) is 9.97 Å². The van der Waals surface area contributed by atoms with E-state index in [2.05, 4.69) is 21.3 Å². The number of hydrogen-bond donors (Lipinski definition) is 1. The average molecular weight is 735 g/mol. The van der Waals surface area contributed by atoms with Crippen LogP contribution in [0.5, 0.6) is 5.75 Å². The van der Waals surface area contributed by atoms with Gasteiger partial charge in [-0.1, -0.05) is 60.6 Å². The summed E-state index contributed by atoms with van der Waals surface area (Å²) in [4.78, 5) is 50.4. The fourth-order valence-corrected chi connectivity index (χ4v) is 7.34. The number of carbonyl (C=O) groups is 3. The lowest BCUT2D eigenvalue weighted by atomic mass is 9.94. The zero-order valence-electron chi connectivity index (χ0n) is 31.0. The number of ether oxygens (including phenoxy) is 3. The molecule has 1 aliphatic rings. The standard InChI is InChI=1S/C42H46N4O6S/c1-27-29(15-13-18-34(27)51-25-11-7-6-8-20-37(47)50-5)30-21-22-36(44-38(30)40(49)52-42(2,3)4)46-24-23-28-14-12-16-31(32(28)26-46)39(48)45-41-43-33-17-9-10-19-35(33)53-41/h9-10,12-19,21-22H,6-8,11,20,23-26H2,1-5H3,(H,43,45,48). The largest absolute Gasteiger partial charge is 0.493 e. The summed E-state index contributed by atoms with van der Waals surface area (Å²) in [5.74, 6) is 0.454. The number of esters is 2. The van der Waals surface area contributed by atoms with Gasteiger partial charge < -0.3 is 19.1 Å². The van der Waals surface area contributed by atoms with Crippen molar-refractivity contribution in [3.8, 4) is 16.9 Å². The van der Waals surface area contributed by atoms with E-state index < -0.39 is 11.6 Å². The van der Waals surface area contributed by atoms with Crippen LogP contribution >= 0.6 is 11.3 Å². The summed E-state index contributed by atoms with van der Waals surface area (Å²) >= 11 is 1.44. The van der Waals surface area contributed by atoms with Crippen molar-refractivity contribution in [3.05, 3.63) is 101 Å². The summed E-state index contributed by atoms with van der Waals surface area (Å²) in [5, 5.41) is 3.56. The third kappa shape index (κ3) is 9.21. The Morgan fingerprint density at radius 3 is 2.47 bits per heavy atom. The number of thiazole rings is 1. The van der Waals surface area contributed by atoms with Crippen LogP contribution in [0, 0.1) is 6.92 Å². The van der Waals surface area contributed by atoms with Gasteiger partial charge >= 0.3 is 11.9 Å². The van der Waals surface area contributed by atoms with Gasteiger partial charge in [-0.05, 0) is 106 Å². The topological polar surface area (TPSA) is 120 Å². The zero-order chi connectivity index (χ0) is 37.5. The van der Waals surface area contributed by atoms with Crippen LogP contribution in [-0.4, -0.2) is 53.7 Å². The number of para-hydroxylation sites is 1. The molecule has 0 radical (unpaired) electrons. The predicted octanol–water partition coefficient (Wildman–Crippen LogP) is 8.94. The lowest BCUT2D eigenvalue weighted by molar-refractivity contribution is -0.140. The number of carbonyl (C=O) groups excluding carboxylic acids is 3. The van der Waals surface area contributed by atoms with E-state index in [4.69, 9.17) is 19.2 Å². The number of nitrogens with one attached hydrogen (secondary N) is 1. The quantitative estimate of drug-likeness (QED) is 0.0934. The summed E-state index contributed by atoms with van der Waals surface area (Å²) < 4.78 is 17.8. The van der Waals surface area contributed by atoms with E-state index in [0.717, 1.165) is 63.9 Å². The van der Waals surface area contributed by atoms with Gasteiger partial charge in [0.1, 0.15) is 17.2 Å². The molecule has 0 spiro atoms. The van der Waals surface area contributed by atoms with Crippen molar-refractivity contribution >= 4 is 50.3 Å². The van der Waals surface area contributed by atoms with E-state index in [9.17, 15) is 14.4 Å². The third-order valence-electron chi connectivity index (χ3n) is 9.16. The maximum atomic E-state index is 13.8. The van der Waals surface area contributed by atoms with E-state index in [1.54, 1.807) is 0 Å². The minimum absolute atomic E-state index is 0.182. The van der Waals surface area contributed by atoms with E-state index in [-0.39, 0.29) is 17.6 Å². The maximum Gasteiger partial charge on any atom is 0.358 e. The molecule has 2 aromatic heterocycles. The molecule has 53 heavy (non-hydrogen) atoms. The van der Waals surface area contributed by atoms with Crippen molar-refractivity contribution in [2.45, 2.75) is 78.4 Å². The van der Waals surface area contributed by atoms with Crippen molar-refractivity contribution in [2.24, 2.45) is 0 Å². The van der Waals surface area contributed by atoms with E-state index >= 15 is 0 Å². The second-order valence-corrected chi connectivity index (χ2v) is 15.2. The number of methoxy groups -OCH3 is 1. The first-order chi connectivity index (χ1) is 25.5. The van der Waals surface area contributed by atoms with E-state index in [0.29, 0.717) is 54.6 Å². The molecule has 3 heterocycles. The Morgan fingerprint density at radius 1 is 0.887 bits per heavy atom. The van der Waals surface area contributed by atoms with Crippen LogP contribution < -0.4 is 15.0 Å². The molecule has 10 nitrogen and oxygen atoms in total. The van der Waals surface area contributed by atoms with Gasteiger partial charge in [-0.15, -0.1) is 0 Å². The molecule has 0 fully saturated rings. The number of aromatic nitrogens is 2. The molecule has 1 N–H and O–H groups in total. The number of benzene rings is 3. The summed E-state index contributed by atoms with van der Waals surface area (Å²) in [6, 6.07) is 23.3. The zero-order valence-corrected chi connectivity index (χ0v) is 31.8. The summed E-state index contributed by atoms with van der Waals surface area (Å²) in [6.45, 7) is 9.15. The number of fused-ring (bicyclic) bond motifs is 2. The molecule has 0 saturated heterocycles. The molecule has 6 rings (SSSR count). The highest BCUT2D eigenvalue weighted by Gasteiger charge is 2.28. The Bertz CT molecular complexity index is 2090. The smallest absolute Gasteiger partial charge is 0.358 e. The molecule has 276 valence electrons. The first-order valence-electron chi connectivity index (χ1n) is 18.1. The second-order valence-electron chi connectivity index (χ2n) is 14.1. The fraction of sp³-hybridized carbons (Fsp3) is 0.357. The monoisotopic (exact) mass is 734 g/mol. The Morgan fingerprint density at radius 2 is 1.68 bits per heavy atom. The first kappa shape index (κ1) is 37.5. The SMILES string of the molecule is COC(=O)CCCCCCOc1cccc(-c2ccc(N3CCc4cccc(C(=O)Nc5nc6ccccc6s5)c4C3)nc2C(=O)OC(C)(C)C)c1C. The van der Waals surface area contributed by atoms with Gasteiger partial charge in [-0.3, -0.25) is 14.9 Å². The molecule has 5 aromatic rings. The number of nitrogens with zero attached hydrogens (tertiary/aromatic N) is 3. The van der Waals surface area contributed by atoms with Crippen molar-refractivity contribution < 1.29 is 28.6 Å². The first-order valence-corrected chi connectivity index (χ1v) is 18.9. The van der Waals surface area contributed by atoms with Gasteiger partial charge in [0.2, 0.25) is 0 Å². The Hall–Kier alpha value is -5.29. The lowest BCUT2D eigenvalue weighted by Crippen LogP contribution is -2.33. The lowest BCUT2D eigenvalue weighted by Gasteiger charge is -2.31. The van der Waals surface area contributed by atoms with Crippen molar-refractivity contribution in [1.29, 1.82) is 0 Å². The minimum atomic E-state index is -0.724. The predicted molar refractivity (Wildman–Crippen MR) is 209 cm³/mol. The highest BCUT2D eigenvalue weighted by molar-refractivity contribution is 7.22. The van der Waals surface area contributed by atoms with Crippen LogP contribution in [0.4, 0.5) is 10.9 Å². The molecule has 1 amide bonds. The number of hydrogen-bond acceptors (Lipinski definition) is 10. The molecule has 1 aliphatic heterocycles. The molecule has 11 heteroatoms. The molecule has 0 bridgehead atoms. The van der Waals surface area contributed by atoms with Gasteiger partial charge in [0.25, 0.3) is 5.91 Å². The van der Waals surface area contributed by atoms with Crippen molar-refractivity contribution in [2.75, 3.05) is 30.5 Å². The normalized spacial score (nSPS) is 12.7. The van der Waals surface area contributed by atoms with Gasteiger partial charge in [0.15, 0.2) is 10.8 Å². The Labute approximate surface area is 314 Å². The fourth-order valence-electron chi connectivity index (χ4n) is 6.48. The molecule has 0 saturated carbocycles. The number of anilines is 2. The third-order valence-corrected chi connectivity index (χ3v) is 10.1. The number of unbranched alkanes of at least 4 members (excludes halogenated alkanes) is 3. The maximum absolute atomic E-state index is 13.8. The van der Waals surface area contributed by atoms with Gasteiger partial charge in [-0.2, -0.15) is 0 Å². The summed E-state index contributed by atoms with van der Waals surface area (Å²) in [7, 11) is 1.41. The molecule has 0 atom stereocenters. The second kappa shape index (κ2) is 16.6. The van der Waals surface area contributed by atoms with Crippen LogP contribution in [-0.2, 0) is 27.2 Å². The molecule has 0 aliphatic carbocycles. The molecule has 0 unspecified atom stereocenters. The molecular formula is C42H46N4O6S. The van der Waals surface area contributed by atoms with Crippen molar-refractivity contribution in [3.63, 3.8) is 0 Å². The highest BCUT2D eigenvalue weighted by Crippen LogP contribution is 2.35. The summed E-state index contributed by atoms with van der Waals surface area (Å²) in [6.07, 6.45) is 4.67. The minimum Gasteiger partial charge on any atom is -0.493 e. The van der Waals surface area contributed by atoms with Gasteiger partial charge in [0, 0.05) is 30.6 Å². The molecular weight excluding hydrogens is 689 g/mol. The van der Waals surface area contributed by atoms with Gasteiger partial charge in [-0.25, -0.2) is 14.8 Å². The van der Waals surface area contributed by atoms with Gasteiger partial charge in [0.05, 0.1) is 23.9 Å². The number of pyridine rings is 1. The van der Waals surface area contributed by atoms with Crippen LogP contribution in [0.25, 0.3) is 21.3 Å². The van der Waals surface area contributed by atoms with Crippen LogP contribution in [0.3, 0.4) is 0 Å². The van der Waals surface area contributed by atoms with Crippen LogP contribution in [0.2, 0.25) is 0 Å². The van der Waals surface area contributed by atoms with Crippen LogP contribution in [0.1, 0.15) is 90.4 Å². The highest BCUT2D eigenvalue weighted by atomic mass is 32.1. The van der Waals surface area contributed by atoms with E-state index in [1.807, 2.05) is 94.4 Å². The number of amides is 1.